The molecule has 0 aliphatic heterocycles. The minimum Gasteiger partial charge on any atom is -0.356 e. The summed E-state index contributed by atoms with van der Waals surface area (Å²) in [6.07, 6.45) is 0.837. The van der Waals surface area contributed by atoms with Crippen molar-refractivity contribution in [3.8, 4) is 0 Å². The van der Waals surface area contributed by atoms with Crippen LogP contribution in [0.15, 0.2) is 23.2 Å². The van der Waals surface area contributed by atoms with Crippen LogP contribution >= 0.6 is 24.0 Å². The molecule has 0 bridgehead atoms. The Balaban J connectivity index is 0.00000484. The van der Waals surface area contributed by atoms with Crippen LogP contribution in [0.25, 0.3) is 0 Å². The molecule has 0 spiro atoms. The van der Waals surface area contributed by atoms with E-state index in [0.29, 0.717) is 0 Å². The van der Waals surface area contributed by atoms with Crippen molar-refractivity contribution in [2.45, 2.75) is 32.7 Å². The van der Waals surface area contributed by atoms with Crippen LogP contribution in [-0.4, -0.2) is 50.6 Å². The first-order valence-electron chi connectivity index (χ1n) is 7.63. The minimum atomic E-state index is -0.183. The fourth-order valence-corrected chi connectivity index (χ4v) is 1.93. The molecule has 2 N–H and O–H groups in total. The third-order valence-electron chi connectivity index (χ3n) is 4.11. The Morgan fingerprint density at radius 3 is 2.43 bits per heavy atom. The van der Waals surface area contributed by atoms with Crippen molar-refractivity contribution in [2.75, 3.05) is 34.2 Å². The first kappa shape index (κ1) is 22.1. The predicted molar refractivity (Wildman–Crippen MR) is 107 cm³/mol. The fourth-order valence-electron chi connectivity index (χ4n) is 1.93. The number of likely N-dealkylation sites (N-methyl/N-ethyl adjacent to an activating group) is 1. The van der Waals surface area contributed by atoms with Crippen LogP contribution in [0.4, 0.5) is 4.39 Å². The first-order valence-corrected chi connectivity index (χ1v) is 7.63. The van der Waals surface area contributed by atoms with E-state index in [1.54, 1.807) is 13.1 Å². The van der Waals surface area contributed by atoms with Crippen LogP contribution in [0.2, 0.25) is 0 Å². The molecule has 0 aliphatic carbocycles. The van der Waals surface area contributed by atoms with Crippen molar-refractivity contribution < 1.29 is 4.39 Å². The van der Waals surface area contributed by atoms with Gasteiger partial charge in [-0.15, -0.1) is 24.0 Å². The summed E-state index contributed by atoms with van der Waals surface area (Å²) in [5, 5.41) is 6.64. The van der Waals surface area contributed by atoms with Crippen molar-refractivity contribution in [3.05, 3.63) is 35.1 Å². The van der Waals surface area contributed by atoms with E-state index in [1.165, 1.54) is 6.07 Å². The predicted octanol–water partition coefficient (Wildman–Crippen LogP) is 2.80. The van der Waals surface area contributed by atoms with Gasteiger partial charge in [0.05, 0.1) is 0 Å². The number of aryl methyl sites for hydroxylation is 1. The van der Waals surface area contributed by atoms with E-state index in [-0.39, 0.29) is 35.3 Å². The SMILES string of the molecule is CN=C(NCCc1ccc(F)cc1C)NCC(C)(C)N(C)C.I. The number of aliphatic imine (C=N–C) groups is 1. The summed E-state index contributed by atoms with van der Waals surface area (Å²) in [5.74, 6) is 0.604. The van der Waals surface area contributed by atoms with E-state index in [4.69, 9.17) is 0 Å². The van der Waals surface area contributed by atoms with Gasteiger partial charge in [0.1, 0.15) is 5.82 Å². The van der Waals surface area contributed by atoms with Gasteiger partial charge < -0.3 is 15.5 Å². The highest BCUT2D eigenvalue weighted by Crippen LogP contribution is 2.10. The number of benzene rings is 1. The molecule has 0 radical (unpaired) electrons. The molecule has 0 atom stereocenters. The van der Waals surface area contributed by atoms with Gasteiger partial charge >= 0.3 is 0 Å². The second kappa shape index (κ2) is 10.1. The highest BCUT2D eigenvalue weighted by atomic mass is 127. The summed E-state index contributed by atoms with van der Waals surface area (Å²) in [5.41, 5.74) is 2.18. The van der Waals surface area contributed by atoms with Gasteiger partial charge in [-0.1, -0.05) is 6.07 Å². The molecule has 0 aliphatic rings. The van der Waals surface area contributed by atoms with Crippen molar-refractivity contribution in [1.82, 2.24) is 15.5 Å². The lowest BCUT2D eigenvalue weighted by atomic mass is 10.0. The number of rotatable bonds is 6. The van der Waals surface area contributed by atoms with Gasteiger partial charge in [0.2, 0.25) is 0 Å². The summed E-state index contributed by atoms with van der Waals surface area (Å²) in [6, 6.07) is 4.93. The smallest absolute Gasteiger partial charge is 0.191 e. The molecule has 0 amide bonds. The minimum absolute atomic E-state index is 0. The van der Waals surface area contributed by atoms with Gasteiger partial charge in [0, 0.05) is 25.7 Å². The lowest BCUT2D eigenvalue weighted by Crippen LogP contribution is -2.51. The van der Waals surface area contributed by atoms with Gasteiger partial charge in [-0.2, -0.15) is 0 Å². The summed E-state index contributed by atoms with van der Waals surface area (Å²) >= 11 is 0. The molecule has 0 saturated carbocycles. The second-order valence-corrected chi connectivity index (χ2v) is 6.38. The average Bonchev–Trinajstić information content (AvgIpc) is 2.44. The highest BCUT2D eigenvalue weighted by Gasteiger charge is 2.20. The second-order valence-electron chi connectivity index (χ2n) is 6.38. The molecule has 0 unspecified atom stereocenters. The molecule has 132 valence electrons. The van der Waals surface area contributed by atoms with Crippen LogP contribution in [0.5, 0.6) is 0 Å². The molecule has 0 fully saturated rings. The molecule has 0 aromatic heterocycles. The molecule has 0 heterocycles. The van der Waals surface area contributed by atoms with Gasteiger partial charge in [0.15, 0.2) is 5.96 Å². The third-order valence-corrected chi connectivity index (χ3v) is 4.11. The van der Waals surface area contributed by atoms with Gasteiger partial charge in [-0.3, -0.25) is 4.99 Å². The molecule has 4 nitrogen and oxygen atoms in total. The van der Waals surface area contributed by atoms with E-state index < -0.39 is 0 Å². The first-order chi connectivity index (χ1) is 10.3. The molecular weight excluding hydrogens is 406 g/mol. The van der Waals surface area contributed by atoms with Crippen molar-refractivity contribution in [1.29, 1.82) is 0 Å². The Morgan fingerprint density at radius 1 is 1.26 bits per heavy atom. The van der Waals surface area contributed by atoms with E-state index >= 15 is 0 Å². The average molecular weight is 436 g/mol. The number of hydrogen-bond acceptors (Lipinski definition) is 2. The number of halogens is 2. The standard InChI is InChI=1S/C17H29FN4.HI/c1-13-11-15(18)8-7-14(13)9-10-20-16(19-4)21-12-17(2,3)22(5)6;/h7-8,11H,9-10,12H2,1-6H3,(H2,19,20,21);1H. The summed E-state index contributed by atoms with van der Waals surface area (Å²) < 4.78 is 13.1. The van der Waals surface area contributed by atoms with Crippen molar-refractivity contribution in [3.63, 3.8) is 0 Å². The Bertz CT molecular complexity index is 515. The largest absolute Gasteiger partial charge is 0.356 e. The summed E-state index contributed by atoms with van der Waals surface area (Å²) in [4.78, 5) is 6.41. The lowest BCUT2D eigenvalue weighted by Gasteiger charge is -2.33. The van der Waals surface area contributed by atoms with E-state index in [1.807, 2.05) is 13.0 Å². The molecule has 23 heavy (non-hydrogen) atoms. The fraction of sp³-hybridized carbons (Fsp3) is 0.588. The summed E-state index contributed by atoms with van der Waals surface area (Å²) in [6.45, 7) is 7.85. The van der Waals surface area contributed by atoms with Crippen LogP contribution < -0.4 is 10.6 Å². The lowest BCUT2D eigenvalue weighted by molar-refractivity contribution is 0.197. The maximum Gasteiger partial charge on any atom is 0.191 e. The topological polar surface area (TPSA) is 39.7 Å². The normalized spacial score (nSPS) is 12.1. The molecule has 1 rings (SSSR count). The zero-order valence-corrected chi connectivity index (χ0v) is 17.4. The van der Waals surface area contributed by atoms with Crippen LogP contribution in [0.3, 0.4) is 0 Å². The van der Waals surface area contributed by atoms with Crippen LogP contribution in [0.1, 0.15) is 25.0 Å². The summed E-state index contributed by atoms with van der Waals surface area (Å²) in [7, 11) is 5.89. The van der Waals surface area contributed by atoms with Gasteiger partial charge in [-0.05, 0) is 64.5 Å². The van der Waals surface area contributed by atoms with E-state index in [2.05, 4.69) is 48.5 Å². The molecule has 6 heteroatoms. The number of nitrogens with zero attached hydrogens (tertiary/aromatic N) is 2. The highest BCUT2D eigenvalue weighted by molar-refractivity contribution is 14.0. The number of guanidine groups is 1. The van der Waals surface area contributed by atoms with Crippen LogP contribution in [0, 0.1) is 12.7 Å². The molecule has 0 saturated heterocycles. The molecule has 1 aromatic carbocycles. The van der Waals surface area contributed by atoms with Gasteiger partial charge in [0.25, 0.3) is 0 Å². The number of hydrogen-bond donors (Lipinski definition) is 2. The maximum absolute atomic E-state index is 13.1. The van der Waals surface area contributed by atoms with E-state index in [9.17, 15) is 4.39 Å². The Kier molecular flexibility index (Phi) is 9.68. The molecule has 1 aromatic rings. The van der Waals surface area contributed by atoms with Crippen molar-refractivity contribution in [2.24, 2.45) is 4.99 Å². The Hall–Kier alpha value is -0.890. The Morgan fingerprint density at radius 2 is 1.91 bits per heavy atom. The molecular formula is C17H30FIN4. The number of nitrogens with one attached hydrogen (secondary N) is 2. The quantitative estimate of drug-likeness (QED) is 0.410. The maximum atomic E-state index is 13.1. The zero-order valence-electron chi connectivity index (χ0n) is 15.0. The third kappa shape index (κ3) is 7.48. The Labute approximate surface area is 157 Å². The zero-order chi connectivity index (χ0) is 16.8. The monoisotopic (exact) mass is 436 g/mol. The van der Waals surface area contributed by atoms with Gasteiger partial charge in [-0.25, -0.2) is 4.39 Å². The van der Waals surface area contributed by atoms with Crippen molar-refractivity contribution >= 4 is 29.9 Å². The van der Waals surface area contributed by atoms with Crippen LogP contribution in [-0.2, 0) is 6.42 Å². The van der Waals surface area contributed by atoms with E-state index in [0.717, 1.165) is 36.6 Å².